The van der Waals surface area contributed by atoms with E-state index in [0.29, 0.717) is 0 Å². The zero-order valence-electron chi connectivity index (χ0n) is 4.80. The minimum absolute atomic E-state index is 0.728. The molecule has 1 aliphatic heterocycles. The van der Waals surface area contributed by atoms with E-state index in [-0.39, 0.29) is 0 Å². The lowest BCUT2D eigenvalue weighted by Crippen LogP contribution is -2.26. The zero-order chi connectivity index (χ0) is 5.82. The van der Waals surface area contributed by atoms with Crippen molar-refractivity contribution in [1.29, 1.82) is 0 Å². The summed E-state index contributed by atoms with van der Waals surface area (Å²) < 4.78 is 0. The van der Waals surface area contributed by atoms with Gasteiger partial charge in [-0.2, -0.15) is 0 Å². The Morgan fingerprint density at radius 2 is 2.62 bits per heavy atom. The third-order valence-electron chi connectivity index (χ3n) is 1.11. The van der Waals surface area contributed by atoms with Crippen molar-refractivity contribution in [2.75, 3.05) is 19.8 Å². The van der Waals surface area contributed by atoms with Gasteiger partial charge in [-0.1, -0.05) is 0 Å². The molecular formula is C5H11N3. The van der Waals surface area contributed by atoms with E-state index >= 15 is 0 Å². The van der Waals surface area contributed by atoms with Gasteiger partial charge in [-0.05, 0) is 0 Å². The van der Waals surface area contributed by atoms with Crippen molar-refractivity contribution in [3.05, 3.63) is 12.4 Å². The minimum atomic E-state index is 0.728. The molecule has 1 aliphatic rings. The molecular weight excluding hydrogens is 102 g/mol. The van der Waals surface area contributed by atoms with Crippen LogP contribution in [0.5, 0.6) is 0 Å². The van der Waals surface area contributed by atoms with Crippen LogP contribution in [0.15, 0.2) is 12.4 Å². The molecule has 1 heterocycles. The van der Waals surface area contributed by atoms with E-state index in [1.165, 1.54) is 0 Å². The summed E-state index contributed by atoms with van der Waals surface area (Å²) in [5, 5.41) is 3.05. The minimum Gasteiger partial charge on any atom is -0.373 e. The average molecular weight is 113 g/mol. The van der Waals surface area contributed by atoms with E-state index in [1.54, 1.807) is 0 Å². The molecule has 1 rings (SSSR count). The number of hydrogen-bond donors (Lipinski definition) is 2. The Bertz CT molecular complexity index is 89.7. The second kappa shape index (κ2) is 2.57. The van der Waals surface area contributed by atoms with Gasteiger partial charge in [0.1, 0.15) is 0 Å². The van der Waals surface area contributed by atoms with Gasteiger partial charge in [-0.15, -0.1) is 0 Å². The summed E-state index contributed by atoms with van der Waals surface area (Å²) >= 11 is 0. The third kappa shape index (κ3) is 1.13. The van der Waals surface area contributed by atoms with Crippen molar-refractivity contribution in [1.82, 2.24) is 10.2 Å². The summed E-state index contributed by atoms with van der Waals surface area (Å²) in [5.74, 6) is 0. The molecule has 0 aliphatic carbocycles. The Labute approximate surface area is 49.2 Å². The lowest BCUT2D eigenvalue weighted by atomic mass is 10.6. The fraction of sp³-hybridized carbons (Fsp3) is 0.600. The van der Waals surface area contributed by atoms with Crippen LogP contribution in [0.25, 0.3) is 0 Å². The van der Waals surface area contributed by atoms with Crippen LogP contribution in [0.4, 0.5) is 0 Å². The Hall–Kier alpha value is -0.700. The maximum Gasteiger partial charge on any atom is 0.0868 e. The highest BCUT2D eigenvalue weighted by Crippen LogP contribution is 1.90. The first kappa shape index (κ1) is 5.44. The van der Waals surface area contributed by atoms with Crippen LogP contribution in [-0.4, -0.2) is 24.7 Å². The number of nitrogens with zero attached hydrogens (tertiary/aromatic N) is 1. The molecule has 0 bridgehead atoms. The molecule has 0 spiro atoms. The zero-order valence-corrected chi connectivity index (χ0v) is 4.80. The smallest absolute Gasteiger partial charge is 0.0868 e. The first-order valence-electron chi connectivity index (χ1n) is 2.77. The molecule has 3 N–H and O–H groups in total. The molecule has 46 valence electrons. The van der Waals surface area contributed by atoms with Gasteiger partial charge in [0, 0.05) is 25.5 Å². The van der Waals surface area contributed by atoms with Gasteiger partial charge in [-0.25, -0.2) is 0 Å². The Morgan fingerprint density at radius 3 is 3.12 bits per heavy atom. The van der Waals surface area contributed by atoms with Gasteiger partial charge in [0.15, 0.2) is 0 Å². The molecule has 0 saturated heterocycles. The normalized spacial score (nSPS) is 16.9. The molecule has 0 amide bonds. The van der Waals surface area contributed by atoms with Gasteiger partial charge in [0.2, 0.25) is 0 Å². The molecule has 0 fully saturated rings. The van der Waals surface area contributed by atoms with Crippen molar-refractivity contribution in [3.8, 4) is 0 Å². The van der Waals surface area contributed by atoms with Gasteiger partial charge in [0.25, 0.3) is 0 Å². The van der Waals surface area contributed by atoms with Crippen molar-refractivity contribution in [3.63, 3.8) is 0 Å². The second-order valence-corrected chi connectivity index (χ2v) is 1.78. The number of rotatable bonds is 2. The highest BCUT2D eigenvalue weighted by molar-refractivity contribution is 4.86. The fourth-order valence-electron chi connectivity index (χ4n) is 0.700. The van der Waals surface area contributed by atoms with Crippen LogP contribution in [0.3, 0.4) is 0 Å². The average Bonchev–Trinajstić information content (AvgIpc) is 2.19. The van der Waals surface area contributed by atoms with Gasteiger partial charge < -0.3 is 16.0 Å². The lowest BCUT2D eigenvalue weighted by molar-refractivity contribution is 0.401. The van der Waals surface area contributed by atoms with E-state index in [2.05, 4.69) is 10.2 Å². The predicted molar refractivity (Wildman–Crippen MR) is 32.9 cm³/mol. The first-order chi connectivity index (χ1) is 3.93. The number of nitrogens with one attached hydrogen (secondary N) is 1. The lowest BCUT2D eigenvalue weighted by Gasteiger charge is -2.11. The first-order valence-corrected chi connectivity index (χ1v) is 2.77. The summed E-state index contributed by atoms with van der Waals surface area (Å²) in [6, 6.07) is 0. The quantitative estimate of drug-likeness (QED) is 0.496. The number of hydrogen-bond acceptors (Lipinski definition) is 3. The predicted octanol–water partition coefficient (Wildman–Crippen LogP) is -0.721. The summed E-state index contributed by atoms with van der Waals surface area (Å²) in [7, 11) is 0. The van der Waals surface area contributed by atoms with Crippen LogP contribution in [0, 0.1) is 0 Å². The molecule has 0 radical (unpaired) electrons. The molecule has 0 aromatic heterocycles. The largest absolute Gasteiger partial charge is 0.373 e. The maximum absolute atomic E-state index is 5.30. The molecule has 3 nitrogen and oxygen atoms in total. The summed E-state index contributed by atoms with van der Waals surface area (Å²) in [4.78, 5) is 2.12. The molecule has 0 atom stereocenters. The maximum atomic E-state index is 5.30. The standard InChI is InChI=1S/C5H11N3/c6-1-3-8-4-2-7-5-8/h2,4,7H,1,3,5-6H2. The molecule has 0 saturated carbocycles. The van der Waals surface area contributed by atoms with Crippen molar-refractivity contribution in [2.24, 2.45) is 5.73 Å². The topological polar surface area (TPSA) is 41.3 Å². The van der Waals surface area contributed by atoms with Crippen molar-refractivity contribution >= 4 is 0 Å². The van der Waals surface area contributed by atoms with Crippen LogP contribution < -0.4 is 11.1 Å². The van der Waals surface area contributed by atoms with Crippen molar-refractivity contribution in [2.45, 2.75) is 0 Å². The highest BCUT2D eigenvalue weighted by Gasteiger charge is 1.98. The Balaban J connectivity index is 2.16. The SMILES string of the molecule is NCCN1C=CNC1. The van der Waals surface area contributed by atoms with Gasteiger partial charge in [-0.3, -0.25) is 0 Å². The second-order valence-electron chi connectivity index (χ2n) is 1.78. The summed E-state index contributed by atoms with van der Waals surface area (Å²) in [5.41, 5.74) is 5.30. The summed E-state index contributed by atoms with van der Waals surface area (Å²) in [6.45, 7) is 2.59. The van der Waals surface area contributed by atoms with Crippen LogP contribution in [-0.2, 0) is 0 Å². The van der Waals surface area contributed by atoms with Crippen LogP contribution in [0.2, 0.25) is 0 Å². The van der Waals surface area contributed by atoms with E-state index < -0.39 is 0 Å². The summed E-state index contributed by atoms with van der Waals surface area (Å²) in [6.07, 6.45) is 3.93. The molecule has 0 aromatic carbocycles. The van der Waals surface area contributed by atoms with Gasteiger partial charge in [0.05, 0.1) is 6.67 Å². The van der Waals surface area contributed by atoms with E-state index in [9.17, 15) is 0 Å². The number of nitrogens with two attached hydrogens (primary N) is 1. The van der Waals surface area contributed by atoms with E-state index in [4.69, 9.17) is 5.73 Å². The van der Waals surface area contributed by atoms with Crippen LogP contribution in [0.1, 0.15) is 0 Å². The van der Waals surface area contributed by atoms with Crippen LogP contribution >= 0.6 is 0 Å². The van der Waals surface area contributed by atoms with Gasteiger partial charge >= 0.3 is 0 Å². The molecule has 0 unspecified atom stereocenters. The van der Waals surface area contributed by atoms with Crippen molar-refractivity contribution < 1.29 is 0 Å². The fourth-order valence-corrected chi connectivity index (χ4v) is 0.700. The highest BCUT2D eigenvalue weighted by atomic mass is 15.2. The molecule has 8 heavy (non-hydrogen) atoms. The third-order valence-corrected chi connectivity index (χ3v) is 1.11. The molecule has 0 aromatic rings. The molecule has 3 heteroatoms. The van der Waals surface area contributed by atoms with E-state index in [1.807, 2.05) is 12.4 Å². The Kier molecular flexibility index (Phi) is 1.75. The van der Waals surface area contributed by atoms with E-state index in [0.717, 1.165) is 19.8 Å². The Morgan fingerprint density at radius 1 is 1.75 bits per heavy atom. The monoisotopic (exact) mass is 113 g/mol.